The van der Waals surface area contributed by atoms with Crippen LogP contribution in [0.2, 0.25) is 0 Å². The number of rotatable bonds is 7. The van der Waals surface area contributed by atoms with Crippen molar-refractivity contribution in [2.24, 2.45) is 16.7 Å². The highest BCUT2D eigenvalue weighted by Crippen LogP contribution is 2.43. The van der Waals surface area contributed by atoms with E-state index in [0.29, 0.717) is 41.5 Å². The molecule has 2 aliphatic carbocycles. The van der Waals surface area contributed by atoms with E-state index in [9.17, 15) is 13.6 Å². The Balaban J connectivity index is 1.27. The molecule has 5 N–H and O–H groups in total. The number of amidine groups is 1. The number of carbonyl (C=O) groups excluding carboxylic acids is 1. The zero-order chi connectivity index (χ0) is 27.3. The molecular weight excluding hydrogens is 506 g/mol. The molecule has 0 atom stereocenters. The fourth-order valence-corrected chi connectivity index (χ4v) is 5.25. The van der Waals surface area contributed by atoms with Gasteiger partial charge in [-0.05, 0) is 55.0 Å². The number of morpholine rings is 1. The van der Waals surface area contributed by atoms with Crippen LogP contribution in [0.1, 0.15) is 58.6 Å². The van der Waals surface area contributed by atoms with Crippen molar-refractivity contribution >= 4 is 28.6 Å². The number of ether oxygens (including phenoxy) is 1. The zero-order valence-corrected chi connectivity index (χ0v) is 21.7. The fraction of sp³-hybridized carbons (Fsp3) is 0.444. The molecule has 3 aromatic rings. The molecule has 2 saturated carbocycles. The molecule has 3 heterocycles. The lowest BCUT2D eigenvalue weighted by molar-refractivity contribution is -0.124. The van der Waals surface area contributed by atoms with Crippen molar-refractivity contribution in [1.29, 1.82) is 0 Å². The van der Waals surface area contributed by atoms with E-state index >= 15 is 0 Å². The number of nitrogens with two attached hydrogens (primary N) is 2. The van der Waals surface area contributed by atoms with E-state index in [1.165, 1.54) is 0 Å². The summed E-state index contributed by atoms with van der Waals surface area (Å²) in [6.07, 6.45) is 4.76. The Hall–Kier alpha value is -3.77. The van der Waals surface area contributed by atoms with E-state index in [1.54, 1.807) is 16.8 Å². The number of hydrazine groups is 1. The van der Waals surface area contributed by atoms with Gasteiger partial charge in [0.1, 0.15) is 0 Å². The summed E-state index contributed by atoms with van der Waals surface area (Å²) in [5, 5.41) is 12.6. The first-order chi connectivity index (χ1) is 18.7. The minimum atomic E-state index is -2.71. The zero-order valence-electron chi connectivity index (χ0n) is 21.7. The first kappa shape index (κ1) is 25.5. The van der Waals surface area contributed by atoms with Crippen LogP contribution >= 0.6 is 0 Å². The summed E-state index contributed by atoms with van der Waals surface area (Å²) < 4.78 is 33.8. The van der Waals surface area contributed by atoms with Gasteiger partial charge < -0.3 is 20.7 Å². The van der Waals surface area contributed by atoms with Gasteiger partial charge in [-0.15, -0.1) is 5.10 Å². The Kier molecular flexibility index (Phi) is 6.38. The first-order valence-corrected chi connectivity index (χ1v) is 13.2. The molecule has 3 aliphatic rings. The van der Waals surface area contributed by atoms with Crippen LogP contribution in [-0.2, 0) is 4.74 Å². The number of aromatic nitrogens is 2. The second-order valence-corrected chi connectivity index (χ2v) is 10.6. The number of anilines is 2. The molecule has 1 amide bonds. The van der Waals surface area contributed by atoms with Crippen molar-refractivity contribution < 1.29 is 18.3 Å². The number of hydrazone groups is 1. The fourth-order valence-electron chi connectivity index (χ4n) is 5.25. The summed E-state index contributed by atoms with van der Waals surface area (Å²) in [5.41, 5.74) is 11.6. The molecular formula is C27H32F2N8O2. The van der Waals surface area contributed by atoms with Crippen LogP contribution in [-0.4, -0.2) is 64.7 Å². The molecule has 1 aromatic carbocycles. The van der Waals surface area contributed by atoms with Gasteiger partial charge in [-0.2, -0.15) is 5.10 Å². The molecule has 0 radical (unpaired) electrons. The van der Waals surface area contributed by atoms with E-state index in [2.05, 4.69) is 20.4 Å². The minimum absolute atomic E-state index is 0.135. The van der Waals surface area contributed by atoms with Crippen molar-refractivity contribution in [2.75, 3.05) is 36.5 Å². The number of pyridine rings is 1. The van der Waals surface area contributed by atoms with Crippen LogP contribution in [0.25, 0.3) is 5.52 Å². The summed E-state index contributed by atoms with van der Waals surface area (Å²) in [6.45, 7) is 4.83. The maximum absolute atomic E-state index is 13.5. The van der Waals surface area contributed by atoms with Gasteiger partial charge in [0, 0.05) is 49.1 Å². The Morgan fingerprint density at radius 1 is 1.21 bits per heavy atom. The maximum Gasteiger partial charge on any atom is 0.259 e. The molecule has 39 heavy (non-hydrogen) atoms. The lowest BCUT2D eigenvalue weighted by atomic mass is 9.88. The van der Waals surface area contributed by atoms with Crippen molar-refractivity contribution in [2.45, 2.75) is 50.5 Å². The molecule has 12 heteroatoms. The number of alkyl halides is 2. The lowest BCUT2D eigenvalue weighted by Crippen LogP contribution is -2.52. The molecule has 0 bridgehead atoms. The number of hydrogen-bond donors (Lipinski definition) is 3. The topological polar surface area (TPSA) is 127 Å². The second kappa shape index (κ2) is 9.76. The van der Waals surface area contributed by atoms with Gasteiger partial charge in [0.15, 0.2) is 5.84 Å². The standard InChI is InChI=1S/C27H32F2N8O2/c1-16-10-20(17-2-3-17)21(25(30)34-37(31)19-13-27(28,29)14-19)12-23(16)33-26(38)22-15-32-36-5-4-18(11-24(22)36)35-6-8-39-9-7-35/h4-5,10-12,15,17,19H,2-3,6-9,13-14,31H2,1H3,(H2,30,34)(H,33,38). The minimum Gasteiger partial charge on any atom is -0.382 e. The van der Waals surface area contributed by atoms with Crippen LogP contribution in [0, 0.1) is 6.92 Å². The van der Waals surface area contributed by atoms with Crippen molar-refractivity contribution in [3.05, 3.63) is 58.9 Å². The summed E-state index contributed by atoms with van der Waals surface area (Å²) >= 11 is 0. The second-order valence-electron chi connectivity index (χ2n) is 10.6. The molecule has 6 rings (SSSR count). The smallest absolute Gasteiger partial charge is 0.259 e. The monoisotopic (exact) mass is 538 g/mol. The number of benzene rings is 1. The van der Waals surface area contributed by atoms with Crippen LogP contribution in [0.3, 0.4) is 0 Å². The normalized spacial score (nSPS) is 19.7. The summed E-state index contributed by atoms with van der Waals surface area (Å²) in [6, 6.07) is 7.19. The quantitative estimate of drug-likeness (QED) is 0.183. The number of halogens is 2. The maximum atomic E-state index is 13.5. The van der Waals surface area contributed by atoms with Gasteiger partial charge >= 0.3 is 0 Å². The highest BCUT2D eigenvalue weighted by molar-refractivity contribution is 6.10. The number of nitrogens with zero attached hydrogens (tertiary/aromatic N) is 5. The molecule has 0 spiro atoms. The average molecular weight is 539 g/mol. The first-order valence-electron chi connectivity index (χ1n) is 13.2. The van der Waals surface area contributed by atoms with Gasteiger partial charge in [0.05, 0.1) is 36.5 Å². The van der Waals surface area contributed by atoms with Gasteiger partial charge in [-0.25, -0.2) is 24.3 Å². The van der Waals surface area contributed by atoms with E-state index in [0.717, 1.165) is 47.9 Å². The molecule has 3 fully saturated rings. The SMILES string of the molecule is Cc1cc(C2CC2)c(/C(N)=N/N(N)C2CC(F)(F)C2)cc1NC(=O)c1cnn2ccc(N3CCOCC3)cc12. The van der Waals surface area contributed by atoms with Crippen LogP contribution in [0.5, 0.6) is 0 Å². The summed E-state index contributed by atoms with van der Waals surface area (Å²) in [4.78, 5) is 15.7. The number of carbonyl (C=O) groups is 1. The third kappa shape index (κ3) is 5.13. The van der Waals surface area contributed by atoms with Gasteiger partial charge in [0.2, 0.25) is 0 Å². The summed E-state index contributed by atoms with van der Waals surface area (Å²) in [5.74, 6) is 3.42. The summed E-state index contributed by atoms with van der Waals surface area (Å²) in [7, 11) is 0. The highest BCUT2D eigenvalue weighted by atomic mass is 19.3. The van der Waals surface area contributed by atoms with Gasteiger partial charge in [-0.1, -0.05) is 6.07 Å². The number of hydrogen-bond acceptors (Lipinski definition) is 7. The number of amides is 1. The lowest BCUT2D eigenvalue weighted by Gasteiger charge is -2.38. The average Bonchev–Trinajstić information content (AvgIpc) is 3.66. The molecule has 0 unspecified atom stereocenters. The Bertz CT molecular complexity index is 1440. The van der Waals surface area contributed by atoms with Crippen LogP contribution in [0.4, 0.5) is 20.2 Å². The molecule has 206 valence electrons. The van der Waals surface area contributed by atoms with Crippen LogP contribution < -0.4 is 21.8 Å². The Labute approximate surface area is 224 Å². The van der Waals surface area contributed by atoms with E-state index in [-0.39, 0.29) is 24.6 Å². The van der Waals surface area contributed by atoms with E-state index < -0.39 is 12.0 Å². The van der Waals surface area contributed by atoms with Crippen molar-refractivity contribution in [3.8, 4) is 0 Å². The third-order valence-electron chi connectivity index (χ3n) is 7.73. The third-order valence-corrected chi connectivity index (χ3v) is 7.73. The molecule has 1 aliphatic heterocycles. The Morgan fingerprint density at radius 3 is 2.64 bits per heavy atom. The number of fused-ring (bicyclic) bond motifs is 1. The molecule has 10 nitrogen and oxygen atoms in total. The number of aryl methyl sites for hydroxylation is 1. The van der Waals surface area contributed by atoms with Crippen molar-refractivity contribution in [3.63, 3.8) is 0 Å². The highest BCUT2D eigenvalue weighted by Gasteiger charge is 2.48. The van der Waals surface area contributed by atoms with Gasteiger partial charge in [-0.3, -0.25) is 4.79 Å². The predicted octanol–water partition coefficient (Wildman–Crippen LogP) is 3.20. The largest absolute Gasteiger partial charge is 0.382 e. The van der Waals surface area contributed by atoms with E-state index in [1.807, 2.05) is 31.3 Å². The van der Waals surface area contributed by atoms with Crippen LogP contribution in [0.15, 0.2) is 41.8 Å². The Morgan fingerprint density at radius 2 is 1.95 bits per heavy atom. The van der Waals surface area contributed by atoms with Gasteiger partial charge in [0.25, 0.3) is 11.8 Å². The molecule has 1 saturated heterocycles. The molecule has 2 aromatic heterocycles. The number of nitrogens with one attached hydrogen (secondary N) is 1. The van der Waals surface area contributed by atoms with E-state index in [4.69, 9.17) is 16.3 Å². The predicted molar refractivity (Wildman–Crippen MR) is 144 cm³/mol. The van der Waals surface area contributed by atoms with Crippen molar-refractivity contribution in [1.82, 2.24) is 14.7 Å².